The first-order chi connectivity index (χ1) is 17.0. The number of aryl methyl sites for hydroxylation is 2. The number of tetrazole rings is 1. The first-order valence-electron chi connectivity index (χ1n) is 12.7. The zero-order chi connectivity index (χ0) is 24.4. The number of pyridine rings is 1. The van der Waals surface area contributed by atoms with E-state index in [9.17, 15) is 4.79 Å². The van der Waals surface area contributed by atoms with Crippen LogP contribution in [0, 0.1) is 13.8 Å². The van der Waals surface area contributed by atoms with Crippen LogP contribution in [-0.4, -0.2) is 30.1 Å². The number of hydrogen-bond donors (Lipinski definition) is 1. The summed E-state index contributed by atoms with van der Waals surface area (Å²) in [4.78, 5) is 20.0. The van der Waals surface area contributed by atoms with E-state index in [1.807, 2.05) is 0 Å². The van der Waals surface area contributed by atoms with Gasteiger partial charge in [0.1, 0.15) is 0 Å². The first kappa shape index (κ1) is 23.9. The third kappa shape index (κ3) is 4.95. The van der Waals surface area contributed by atoms with Crippen molar-refractivity contribution in [2.45, 2.75) is 84.5 Å². The Kier molecular flexibility index (Phi) is 7.11. The molecule has 184 valence electrons. The van der Waals surface area contributed by atoms with Gasteiger partial charge in [0.2, 0.25) is 0 Å². The SMILES string of the molecule is CC[C@H](c1nnnn1C1CCCCC1)N(Cc1cccs1)Cc1cc2ccc(C)c(C)c2[nH]c1=O. The Morgan fingerprint density at radius 3 is 2.74 bits per heavy atom. The van der Waals surface area contributed by atoms with Crippen LogP contribution >= 0.6 is 11.3 Å². The van der Waals surface area contributed by atoms with Crippen LogP contribution in [0.1, 0.15) is 84.9 Å². The fourth-order valence-corrected chi connectivity index (χ4v) is 6.12. The highest BCUT2D eigenvalue weighted by atomic mass is 32.1. The molecule has 4 aromatic rings. The Morgan fingerprint density at radius 1 is 1.17 bits per heavy atom. The van der Waals surface area contributed by atoms with Crippen LogP contribution in [-0.2, 0) is 13.1 Å². The van der Waals surface area contributed by atoms with Gasteiger partial charge in [-0.2, -0.15) is 0 Å². The molecule has 0 saturated heterocycles. The molecule has 7 nitrogen and oxygen atoms in total. The van der Waals surface area contributed by atoms with E-state index in [1.54, 1.807) is 11.3 Å². The molecule has 0 amide bonds. The van der Waals surface area contributed by atoms with Gasteiger partial charge < -0.3 is 4.98 Å². The molecule has 1 saturated carbocycles. The van der Waals surface area contributed by atoms with Gasteiger partial charge in [-0.05, 0) is 77.6 Å². The van der Waals surface area contributed by atoms with Gasteiger partial charge in [-0.15, -0.1) is 16.4 Å². The van der Waals surface area contributed by atoms with Gasteiger partial charge in [-0.1, -0.05) is 44.4 Å². The summed E-state index contributed by atoms with van der Waals surface area (Å²) in [6.07, 6.45) is 6.86. The molecular weight excluding hydrogens is 456 g/mol. The quantitative estimate of drug-likeness (QED) is 0.335. The highest BCUT2D eigenvalue weighted by Gasteiger charge is 2.29. The smallest absolute Gasteiger partial charge is 0.252 e. The maximum Gasteiger partial charge on any atom is 0.252 e. The van der Waals surface area contributed by atoms with Crippen molar-refractivity contribution in [3.63, 3.8) is 0 Å². The van der Waals surface area contributed by atoms with E-state index < -0.39 is 0 Å². The molecule has 0 aliphatic heterocycles. The molecule has 35 heavy (non-hydrogen) atoms. The lowest BCUT2D eigenvalue weighted by Crippen LogP contribution is -2.33. The molecule has 1 aliphatic rings. The number of thiophene rings is 1. The molecule has 1 fully saturated rings. The number of hydrogen-bond acceptors (Lipinski definition) is 6. The number of aromatic amines is 1. The molecule has 5 rings (SSSR count). The Morgan fingerprint density at radius 2 is 2.00 bits per heavy atom. The van der Waals surface area contributed by atoms with Crippen LogP contribution in [0.4, 0.5) is 0 Å². The molecule has 8 heteroatoms. The molecule has 0 bridgehead atoms. The molecule has 1 N–H and O–H groups in total. The first-order valence-corrected chi connectivity index (χ1v) is 13.6. The molecule has 1 aliphatic carbocycles. The molecule has 1 atom stereocenters. The monoisotopic (exact) mass is 490 g/mol. The summed E-state index contributed by atoms with van der Waals surface area (Å²) in [7, 11) is 0. The van der Waals surface area contributed by atoms with Crippen molar-refractivity contribution in [3.05, 3.63) is 73.5 Å². The summed E-state index contributed by atoms with van der Waals surface area (Å²) in [5.74, 6) is 0.916. The molecule has 1 aromatic carbocycles. The fourth-order valence-electron chi connectivity index (χ4n) is 5.39. The predicted molar refractivity (Wildman–Crippen MR) is 141 cm³/mol. The van der Waals surface area contributed by atoms with Gasteiger partial charge in [0.15, 0.2) is 5.82 Å². The fraction of sp³-hybridized carbons (Fsp3) is 0.481. The second kappa shape index (κ2) is 10.4. The summed E-state index contributed by atoms with van der Waals surface area (Å²) in [5.41, 5.74) is 3.98. The Balaban J connectivity index is 1.52. The number of benzene rings is 1. The van der Waals surface area contributed by atoms with Crippen molar-refractivity contribution in [2.24, 2.45) is 0 Å². The van der Waals surface area contributed by atoms with E-state index in [4.69, 9.17) is 0 Å². The number of aromatic nitrogens is 5. The maximum absolute atomic E-state index is 13.2. The third-order valence-corrected chi connectivity index (χ3v) is 8.37. The van der Waals surface area contributed by atoms with E-state index in [0.717, 1.165) is 53.7 Å². The number of nitrogens with zero attached hydrogens (tertiary/aromatic N) is 5. The van der Waals surface area contributed by atoms with Crippen molar-refractivity contribution in [2.75, 3.05) is 0 Å². The highest BCUT2D eigenvalue weighted by molar-refractivity contribution is 7.09. The van der Waals surface area contributed by atoms with Crippen molar-refractivity contribution < 1.29 is 0 Å². The minimum absolute atomic E-state index is 0.0175. The van der Waals surface area contributed by atoms with Crippen molar-refractivity contribution in [3.8, 4) is 0 Å². The van der Waals surface area contributed by atoms with Gasteiger partial charge in [-0.25, -0.2) is 4.68 Å². The molecule has 3 aromatic heterocycles. The summed E-state index contributed by atoms with van der Waals surface area (Å²) in [5, 5.41) is 16.2. The second-order valence-electron chi connectivity index (χ2n) is 9.78. The zero-order valence-electron chi connectivity index (χ0n) is 20.8. The number of nitrogens with one attached hydrogen (secondary N) is 1. The Labute approximate surface area is 210 Å². The van der Waals surface area contributed by atoms with E-state index in [0.29, 0.717) is 12.6 Å². The van der Waals surface area contributed by atoms with Gasteiger partial charge in [-0.3, -0.25) is 9.69 Å². The minimum atomic E-state index is -0.0240. The number of H-pyrrole nitrogens is 1. The summed E-state index contributed by atoms with van der Waals surface area (Å²) in [6, 6.07) is 10.9. The summed E-state index contributed by atoms with van der Waals surface area (Å²) in [6.45, 7) is 7.60. The molecule has 0 unspecified atom stereocenters. The van der Waals surface area contributed by atoms with Crippen LogP contribution < -0.4 is 5.56 Å². The van der Waals surface area contributed by atoms with Crippen LogP contribution in [0.2, 0.25) is 0 Å². The standard InChI is InChI=1S/C27H34N6OS/c1-4-24(26-29-30-31-33(26)22-9-6-5-7-10-22)32(17-23-11-8-14-35-23)16-21-15-20-13-12-18(2)19(3)25(20)28-27(21)34/h8,11-15,22,24H,4-7,9-10,16-17H2,1-3H3,(H,28,34)/t24-/m1/s1. The molecule has 0 spiro atoms. The van der Waals surface area contributed by atoms with E-state index >= 15 is 0 Å². The third-order valence-electron chi connectivity index (χ3n) is 7.50. The van der Waals surface area contributed by atoms with Crippen LogP contribution in [0.15, 0.2) is 40.5 Å². The van der Waals surface area contributed by atoms with Crippen LogP contribution in [0.5, 0.6) is 0 Å². The topological polar surface area (TPSA) is 79.7 Å². The predicted octanol–water partition coefficient (Wildman–Crippen LogP) is 5.85. The van der Waals surface area contributed by atoms with Gasteiger partial charge in [0.25, 0.3) is 5.56 Å². The van der Waals surface area contributed by atoms with Gasteiger partial charge in [0.05, 0.1) is 17.6 Å². The van der Waals surface area contributed by atoms with Crippen LogP contribution in [0.3, 0.4) is 0 Å². The van der Waals surface area contributed by atoms with E-state index in [2.05, 4.69) is 86.6 Å². The number of rotatable bonds is 8. The van der Waals surface area contributed by atoms with Crippen molar-refractivity contribution in [1.29, 1.82) is 0 Å². The highest BCUT2D eigenvalue weighted by Crippen LogP contribution is 2.33. The largest absolute Gasteiger partial charge is 0.321 e. The lowest BCUT2D eigenvalue weighted by molar-refractivity contribution is 0.157. The normalized spacial score (nSPS) is 15.8. The second-order valence-corrected chi connectivity index (χ2v) is 10.8. The van der Waals surface area contributed by atoms with Crippen molar-refractivity contribution >= 4 is 22.2 Å². The van der Waals surface area contributed by atoms with E-state index in [1.165, 1.54) is 29.7 Å². The zero-order valence-corrected chi connectivity index (χ0v) is 21.6. The molecule has 3 heterocycles. The average molecular weight is 491 g/mol. The Bertz CT molecular complexity index is 1340. The summed E-state index contributed by atoms with van der Waals surface area (Å²) >= 11 is 1.74. The average Bonchev–Trinajstić information content (AvgIpc) is 3.56. The minimum Gasteiger partial charge on any atom is -0.321 e. The van der Waals surface area contributed by atoms with Crippen molar-refractivity contribution in [1.82, 2.24) is 30.1 Å². The lowest BCUT2D eigenvalue weighted by Gasteiger charge is -2.31. The molecular formula is C27H34N6OS. The Hall–Kier alpha value is -2.84. The number of fused-ring (bicyclic) bond motifs is 1. The van der Waals surface area contributed by atoms with E-state index in [-0.39, 0.29) is 11.6 Å². The maximum atomic E-state index is 13.2. The lowest BCUT2D eigenvalue weighted by atomic mass is 9.95. The van der Waals surface area contributed by atoms with Crippen LogP contribution in [0.25, 0.3) is 10.9 Å². The molecule has 0 radical (unpaired) electrons. The summed E-state index contributed by atoms with van der Waals surface area (Å²) < 4.78 is 2.07. The van der Waals surface area contributed by atoms with Gasteiger partial charge in [0, 0.05) is 23.5 Å². The van der Waals surface area contributed by atoms with Gasteiger partial charge >= 0.3 is 0 Å².